The van der Waals surface area contributed by atoms with E-state index in [1.807, 2.05) is 6.07 Å². The van der Waals surface area contributed by atoms with E-state index in [4.69, 9.17) is 5.26 Å². The van der Waals surface area contributed by atoms with Gasteiger partial charge in [0.05, 0.1) is 15.4 Å². The zero-order valence-electron chi connectivity index (χ0n) is 14.7. The summed E-state index contributed by atoms with van der Waals surface area (Å²) in [5, 5.41) is 19.9. The van der Waals surface area contributed by atoms with Gasteiger partial charge in [0.2, 0.25) is 10.0 Å². The third-order valence-corrected chi connectivity index (χ3v) is 6.43. The van der Waals surface area contributed by atoms with Crippen LogP contribution in [0.1, 0.15) is 15.9 Å². The third kappa shape index (κ3) is 3.71. The number of piperazine rings is 1. The van der Waals surface area contributed by atoms with E-state index in [2.05, 4.69) is 0 Å². The van der Waals surface area contributed by atoms with Crippen LogP contribution in [0.2, 0.25) is 0 Å². The molecule has 0 saturated carbocycles. The highest BCUT2D eigenvalue weighted by Crippen LogP contribution is 2.22. The van der Waals surface area contributed by atoms with Gasteiger partial charge in [-0.05, 0) is 24.3 Å². The molecule has 1 aliphatic heterocycles. The lowest BCUT2D eigenvalue weighted by atomic mass is 10.1. The number of amides is 1. The number of hydrogen-bond donors (Lipinski definition) is 0. The molecule has 28 heavy (non-hydrogen) atoms. The Hall–Kier alpha value is -3.29. The average molecular weight is 400 g/mol. The summed E-state index contributed by atoms with van der Waals surface area (Å²) in [6, 6.07) is 13.2. The molecule has 0 atom stereocenters. The quantitative estimate of drug-likeness (QED) is 0.567. The van der Waals surface area contributed by atoms with E-state index in [-0.39, 0.29) is 48.2 Å². The zero-order valence-corrected chi connectivity index (χ0v) is 15.5. The van der Waals surface area contributed by atoms with Gasteiger partial charge in [0.1, 0.15) is 6.07 Å². The predicted octanol–water partition coefficient (Wildman–Crippen LogP) is 1.61. The minimum Gasteiger partial charge on any atom is -0.336 e. The summed E-state index contributed by atoms with van der Waals surface area (Å²) in [4.78, 5) is 24.2. The van der Waals surface area contributed by atoms with E-state index in [0.717, 1.165) is 0 Å². The van der Waals surface area contributed by atoms with Gasteiger partial charge in [-0.2, -0.15) is 9.57 Å². The molecule has 144 valence electrons. The van der Waals surface area contributed by atoms with Crippen molar-refractivity contribution in [1.29, 1.82) is 5.26 Å². The van der Waals surface area contributed by atoms with Gasteiger partial charge in [0.15, 0.2) is 0 Å². The van der Waals surface area contributed by atoms with Crippen molar-refractivity contribution in [2.75, 3.05) is 26.2 Å². The van der Waals surface area contributed by atoms with Crippen LogP contribution in [-0.4, -0.2) is 54.6 Å². The van der Waals surface area contributed by atoms with E-state index in [1.165, 1.54) is 45.6 Å². The number of carbonyl (C=O) groups is 1. The average Bonchev–Trinajstić information content (AvgIpc) is 2.73. The van der Waals surface area contributed by atoms with Crippen molar-refractivity contribution in [3.05, 3.63) is 69.8 Å². The maximum atomic E-state index is 12.8. The highest BCUT2D eigenvalue weighted by atomic mass is 32.2. The molecule has 0 bridgehead atoms. The molecule has 10 heteroatoms. The second kappa shape index (κ2) is 7.75. The van der Waals surface area contributed by atoms with Gasteiger partial charge in [-0.15, -0.1) is 0 Å². The molecule has 0 unspecified atom stereocenters. The van der Waals surface area contributed by atoms with E-state index in [0.29, 0.717) is 5.56 Å². The first-order chi connectivity index (χ1) is 13.3. The van der Waals surface area contributed by atoms with Crippen LogP contribution in [0.25, 0.3) is 0 Å². The zero-order chi connectivity index (χ0) is 20.3. The van der Waals surface area contributed by atoms with E-state index >= 15 is 0 Å². The summed E-state index contributed by atoms with van der Waals surface area (Å²) in [6.07, 6.45) is 0. The fourth-order valence-corrected chi connectivity index (χ4v) is 4.53. The number of hydrogen-bond acceptors (Lipinski definition) is 6. The maximum absolute atomic E-state index is 12.8. The Labute approximate surface area is 161 Å². The van der Waals surface area contributed by atoms with Crippen LogP contribution in [0.5, 0.6) is 0 Å². The largest absolute Gasteiger partial charge is 0.336 e. The first-order valence-corrected chi connectivity index (χ1v) is 9.81. The highest BCUT2D eigenvalue weighted by Gasteiger charge is 2.31. The van der Waals surface area contributed by atoms with Crippen LogP contribution in [0, 0.1) is 21.4 Å². The topological polar surface area (TPSA) is 125 Å². The molecule has 2 aromatic rings. The Balaban J connectivity index is 1.71. The number of sulfonamides is 1. The summed E-state index contributed by atoms with van der Waals surface area (Å²) in [5.41, 5.74) is 0.271. The van der Waals surface area contributed by atoms with E-state index < -0.39 is 14.9 Å². The Morgan fingerprint density at radius 2 is 1.64 bits per heavy atom. The van der Waals surface area contributed by atoms with Crippen molar-refractivity contribution in [1.82, 2.24) is 9.21 Å². The lowest BCUT2D eigenvalue weighted by molar-refractivity contribution is -0.384. The second-order valence-electron chi connectivity index (χ2n) is 6.11. The van der Waals surface area contributed by atoms with Crippen molar-refractivity contribution in [3.8, 4) is 6.07 Å². The van der Waals surface area contributed by atoms with Crippen molar-refractivity contribution < 1.29 is 18.1 Å². The van der Waals surface area contributed by atoms with Crippen molar-refractivity contribution in [3.63, 3.8) is 0 Å². The van der Waals surface area contributed by atoms with Gasteiger partial charge in [-0.1, -0.05) is 12.1 Å². The third-order valence-electron chi connectivity index (χ3n) is 4.48. The summed E-state index contributed by atoms with van der Waals surface area (Å²) >= 11 is 0. The number of non-ortho nitro benzene ring substituents is 1. The molecule has 1 saturated heterocycles. The molecule has 9 nitrogen and oxygen atoms in total. The molecule has 0 spiro atoms. The predicted molar refractivity (Wildman–Crippen MR) is 98.9 cm³/mol. The first kappa shape index (κ1) is 19.5. The highest BCUT2D eigenvalue weighted by molar-refractivity contribution is 7.89. The van der Waals surface area contributed by atoms with Crippen molar-refractivity contribution in [2.24, 2.45) is 0 Å². The van der Waals surface area contributed by atoms with Gasteiger partial charge in [-0.25, -0.2) is 8.42 Å². The van der Waals surface area contributed by atoms with Crippen LogP contribution in [0.4, 0.5) is 5.69 Å². The molecule has 0 N–H and O–H groups in total. The lowest BCUT2D eigenvalue weighted by Gasteiger charge is -2.34. The molecule has 1 heterocycles. The van der Waals surface area contributed by atoms with Crippen LogP contribution < -0.4 is 0 Å². The molecule has 1 amide bonds. The van der Waals surface area contributed by atoms with Gasteiger partial charge in [0, 0.05) is 43.9 Å². The normalized spacial score (nSPS) is 15.0. The maximum Gasteiger partial charge on any atom is 0.269 e. The van der Waals surface area contributed by atoms with Crippen LogP contribution in [0.3, 0.4) is 0 Å². The Bertz CT molecular complexity index is 1050. The minimum atomic E-state index is -3.84. The molecular formula is C18H16N4O5S. The molecule has 1 fully saturated rings. The summed E-state index contributed by atoms with van der Waals surface area (Å²) in [5.74, 6) is -0.315. The molecule has 0 aliphatic carbocycles. The van der Waals surface area contributed by atoms with Crippen molar-refractivity contribution >= 4 is 21.6 Å². The van der Waals surface area contributed by atoms with Gasteiger partial charge < -0.3 is 4.90 Å². The monoisotopic (exact) mass is 400 g/mol. The van der Waals surface area contributed by atoms with Gasteiger partial charge in [-0.3, -0.25) is 14.9 Å². The number of benzene rings is 2. The summed E-state index contributed by atoms with van der Waals surface area (Å²) in [6.45, 7) is 0.565. The standard InChI is InChI=1S/C18H16N4O5S/c19-13-15-3-1-2-4-17(15)28(26,27)21-11-9-20(10-12-21)18(23)14-5-7-16(8-6-14)22(24)25/h1-8H,9-12H2. The fraction of sp³-hybridized carbons (Fsp3) is 0.222. The Kier molecular flexibility index (Phi) is 5.39. The molecule has 3 rings (SSSR count). The number of nitrogens with zero attached hydrogens (tertiary/aromatic N) is 4. The molecule has 1 aliphatic rings. The SMILES string of the molecule is N#Cc1ccccc1S(=O)(=O)N1CCN(C(=O)c2ccc([N+](=O)[O-])cc2)CC1. The summed E-state index contributed by atoms with van der Waals surface area (Å²) < 4.78 is 26.9. The number of nitro groups is 1. The van der Waals surface area contributed by atoms with Crippen LogP contribution in [0.15, 0.2) is 53.4 Å². The minimum absolute atomic E-state index is 0.0485. The molecule has 0 radical (unpaired) electrons. The summed E-state index contributed by atoms with van der Waals surface area (Å²) in [7, 11) is -3.84. The molecular weight excluding hydrogens is 384 g/mol. The Morgan fingerprint density at radius 3 is 2.21 bits per heavy atom. The van der Waals surface area contributed by atoms with Crippen molar-refractivity contribution in [2.45, 2.75) is 4.90 Å². The van der Waals surface area contributed by atoms with E-state index in [9.17, 15) is 23.3 Å². The number of nitro benzene ring substituents is 1. The van der Waals surface area contributed by atoms with Gasteiger partial charge in [0.25, 0.3) is 11.6 Å². The lowest BCUT2D eigenvalue weighted by Crippen LogP contribution is -2.50. The Morgan fingerprint density at radius 1 is 1.04 bits per heavy atom. The van der Waals surface area contributed by atoms with Crippen LogP contribution >= 0.6 is 0 Å². The molecule has 0 aromatic heterocycles. The number of carbonyl (C=O) groups excluding carboxylic acids is 1. The number of nitriles is 1. The fourth-order valence-electron chi connectivity index (χ4n) is 2.96. The van der Waals surface area contributed by atoms with Crippen LogP contribution in [-0.2, 0) is 10.0 Å². The smallest absolute Gasteiger partial charge is 0.269 e. The second-order valence-corrected chi connectivity index (χ2v) is 8.01. The van der Waals surface area contributed by atoms with E-state index in [1.54, 1.807) is 12.1 Å². The first-order valence-electron chi connectivity index (χ1n) is 8.37. The molecule has 2 aromatic carbocycles. The number of rotatable bonds is 4. The van der Waals surface area contributed by atoms with Gasteiger partial charge >= 0.3 is 0 Å².